The molecule has 0 bridgehead atoms. The van der Waals surface area contributed by atoms with Crippen molar-refractivity contribution in [3.8, 4) is 0 Å². The number of aromatic nitrogens is 1. The molecule has 0 spiro atoms. The molecule has 142 valence electrons. The molecule has 0 unspecified atom stereocenters. The molecular formula is C22H21N3O3. The number of nitrogens with one attached hydrogen (secondary N) is 1. The molecule has 3 aromatic rings. The van der Waals surface area contributed by atoms with Gasteiger partial charge in [0.05, 0.1) is 12.2 Å². The van der Waals surface area contributed by atoms with E-state index < -0.39 is 5.97 Å². The first-order chi connectivity index (χ1) is 13.6. The summed E-state index contributed by atoms with van der Waals surface area (Å²) >= 11 is 0. The first-order valence-electron chi connectivity index (χ1n) is 8.92. The molecule has 1 N–H and O–H groups in total. The molecule has 0 saturated carbocycles. The Morgan fingerprint density at radius 3 is 2.39 bits per heavy atom. The van der Waals surface area contributed by atoms with E-state index in [4.69, 9.17) is 4.74 Å². The zero-order valence-electron chi connectivity index (χ0n) is 15.8. The van der Waals surface area contributed by atoms with Gasteiger partial charge in [0.2, 0.25) is 0 Å². The highest BCUT2D eigenvalue weighted by atomic mass is 16.5. The minimum Gasteiger partial charge on any atom is -0.462 e. The Labute approximate surface area is 163 Å². The van der Waals surface area contributed by atoms with Crippen LogP contribution in [0.25, 0.3) is 0 Å². The van der Waals surface area contributed by atoms with Gasteiger partial charge >= 0.3 is 5.97 Å². The monoisotopic (exact) mass is 375 g/mol. The number of esters is 1. The van der Waals surface area contributed by atoms with E-state index >= 15 is 0 Å². The molecule has 0 atom stereocenters. The summed E-state index contributed by atoms with van der Waals surface area (Å²) in [5.74, 6) is -0.717. The summed E-state index contributed by atoms with van der Waals surface area (Å²) in [5.41, 5.74) is 3.17. The predicted octanol–water partition coefficient (Wildman–Crippen LogP) is 4.28. The van der Waals surface area contributed by atoms with Crippen molar-refractivity contribution in [3.63, 3.8) is 0 Å². The van der Waals surface area contributed by atoms with Crippen molar-refractivity contribution in [1.29, 1.82) is 0 Å². The van der Waals surface area contributed by atoms with Crippen molar-refractivity contribution in [2.45, 2.75) is 6.92 Å². The molecule has 1 heterocycles. The van der Waals surface area contributed by atoms with Crippen molar-refractivity contribution in [3.05, 3.63) is 84.2 Å². The lowest BCUT2D eigenvalue weighted by molar-refractivity contribution is 0.0526. The smallest absolute Gasteiger partial charge is 0.338 e. The second-order valence-corrected chi connectivity index (χ2v) is 6.05. The third-order valence-electron chi connectivity index (χ3n) is 4.16. The third-order valence-corrected chi connectivity index (χ3v) is 4.16. The van der Waals surface area contributed by atoms with Crippen molar-refractivity contribution in [1.82, 2.24) is 4.98 Å². The molecule has 0 aliphatic heterocycles. The van der Waals surface area contributed by atoms with Gasteiger partial charge in [-0.2, -0.15) is 0 Å². The molecule has 1 aromatic heterocycles. The standard InChI is InChI=1S/C22H21N3O3/c1-3-28-22(27)16-9-11-17(12-10-16)24-21(26)20-15-19(13-14-23-20)25(2)18-7-5-4-6-8-18/h4-15H,3H2,1-2H3,(H,24,26). The molecular weight excluding hydrogens is 354 g/mol. The molecule has 28 heavy (non-hydrogen) atoms. The molecule has 6 heteroatoms. The Kier molecular flexibility index (Phi) is 6.01. The van der Waals surface area contributed by atoms with Crippen LogP contribution in [0.15, 0.2) is 72.9 Å². The molecule has 2 aromatic carbocycles. The minimum atomic E-state index is -0.390. The summed E-state index contributed by atoms with van der Waals surface area (Å²) in [6.07, 6.45) is 1.60. The van der Waals surface area contributed by atoms with Gasteiger partial charge in [-0.25, -0.2) is 4.79 Å². The van der Waals surface area contributed by atoms with Crippen molar-refractivity contribution < 1.29 is 14.3 Å². The lowest BCUT2D eigenvalue weighted by Crippen LogP contribution is -2.16. The van der Waals surface area contributed by atoms with Crippen LogP contribution in [0.2, 0.25) is 0 Å². The lowest BCUT2D eigenvalue weighted by Gasteiger charge is -2.19. The number of anilines is 3. The molecule has 1 amide bonds. The number of hydrogen-bond acceptors (Lipinski definition) is 5. The topological polar surface area (TPSA) is 71.5 Å². The molecule has 0 radical (unpaired) electrons. The van der Waals surface area contributed by atoms with Crippen LogP contribution < -0.4 is 10.2 Å². The maximum atomic E-state index is 12.6. The van der Waals surface area contributed by atoms with Gasteiger partial charge in [-0.15, -0.1) is 0 Å². The Hall–Kier alpha value is -3.67. The van der Waals surface area contributed by atoms with Crippen LogP contribution >= 0.6 is 0 Å². The summed E-state index contributed by atoms with van der Waals surface area (Å²) in [6, 6.07) is 20.0. The van der Waals surface area contributed by atoms with Gasteiger partial charge in [0, 0.05) is 30.3 Å². The number of carbonyl (C=O) groups is 2. The largest absolute Gasteiger partial charge is 0.462 e. The molecule has 0 aliphatic rings. The van der Waals surface area contributed by atoms with Crippen LogP contribution in [0, 0.1) is 0 Å². The number of nitrogens with zero attached hydrogens (tertiary/aromatic N) is 2. The second kappa shape index (κ2) is 8.81. The number of carbonyl (C=O) groups excluding carboxylic acids is 2. The van der Waals surface area contributed by atoms with E-state index in [-0.39, 0.29) is 5.91 Å². The van der Waals surface area contributed by atoms with E-state index in [0.29, 0.717) is 23.6 Å². The lowest BCUT2D eigenvalue weighted by atomic mass is 10.2. The molecule has 3 rings (SSSR count). The summed E-state index contributed by atoms with van der Waals surface area (Å²) in [5, 5.41) is 2.79. The number of amides is 1. The highest BCUT2D eigenvalue weighted by molar-refractivity contribution is 6.03. The van der Waals surface area contributed by atoms with E-state index in [1.54, 1.807) is 43.5 Å². The SMILES string of the molecule is CCOC(=O)c1ccc(NC(=O)c2cc(N(C)c3ccccc3)ccn2)cc1. The van der Waals surface area contributed by atoms with Gasteiger partial charge < -0.3 is 15.0 Å². The van der Waals surface area contributed by atoms with E-state index in [0.717, 1.165) is 11.4 Å². The molecule has 0 fully saturated rings. The van der Waals surface area contributed by atoms with Gasteiger partial charge in [0.1, 0.15) is 5.69 Å². The Morgan fingerprint density at radius 1 is 1.00 bits per heavy atom. The zero-order chi connectivity index (χ0) is 19.9. The van der Waals surface area contributed by atoms with E-state index in [1.165, 1.54) is 0 Å². The van der Waals surface area contributed by atoms with Crippen LogP contribution in [-0.2, 0) is 4.74 Å². The first kappa shape index (κ1) is 19.1. The predicted molar refractivity (Wildman–Crippen MR) is 109 cm³/mol. The van der Waals surface area contributed by atoms with Gasteiger partial charge in [0.25, 0.3) is 5.91 Å². The minimum absolute atomic E-state index is 0.301. The highest BCUT2D eigenvalue weighted by Gasteiger charge is 2.12. The third kappa shape index (κ3) is 4.54. The van der Waals surface area contributed by atoms with Crippen LogP contribution in [0.1, 0.15) is 27.8 Å². The van der Waals surface area contributed by atoms with Crippen LogP contribution in [-0.4, -0.2) is 30.5 Å². The fraction of sp³-hybridized carbons (Fsp3) is 0.136. The summed E-state index contributed by atoms with van der Waals surface area (Å²) in [6.45, 7) is 2.07. The van der Waals surface area contributed by atoms with Gasteiger partial charge in [0.15, 0.2) is 0 Å². The van der Waals surface area contributed by atoms with Crippen molar-refractivity contribution in [2.75, 3.05) is 23.9 Å². The molecule has 0 aliphatic carbocycles. The average Bonchev–Trinajstić information content (AvgIpc) is 2.74. The Bertz CT molecular complexity index is 956. The number of pyridine rings is 1. The van der Waals surface area contributed by atoms with Crippen molar-refractivity contribution >= 4 is 28.9 Å². The van der Waals surface area contributed by atoms with Crippen LogP contribution in [0.4, 0.5) is 17.1 Å². The van der Waals surface area contributed by atoms with E-state index in [2.05, 4.69) is 10.3 Å². The fourth-order valence-corrected chi connectivity index (χ4v) is 2.65. The Balaban J connectivity index is 1.72. The van der Waals surface area contributed by atoms with E-state index in [9.17, 15) is 9.59 Å². The van der Waals surface area contributed by atoms with Gasteiger partial charge in [-0.05, 0) is 55.5 Å². The number of ether oxygens (including phenoxy) is 1. The van der Waals surface area contributed by atoms with Crippen molar-refractivity contribution in [2.24, 2.45) is 0 Å². The number of para-hydroxylation sites is 1. The second-order valence-electron chi connectivity index (χ2n) is 6.05. The first-order valence-corrected chi connectivity index (χ1v) is 8.92. The Morgan fingerprint density at radius 2 is 1.71 bits per heavy atom. The quantitative estimate of drug-likeness (QED) is 0.651. The maximum absolute atomic E-state index is 12.6. The zero-order valence-corrected chi connectivity index (χ0v) is 15.8. The van der Waals surface area contributed by atoms with E-state index in [1.807, 2.05) is 48.3 Å². The number of rotatable bonds is 6. The fourth-order valence-electron chi connectivity index (χ4n) is 2.65. The number of benzene rings is 2. The summed E-state index contributed by atoms with van der Waals surface area (Å²) in [4.78, 5) is 30.4. The molecule has 6 nitrogen and oxygen atoms in total. The van der Waals surface area contributed by atoms with Gasteiger partial charge in [-0.1, -0.05) is 18.2 Å². The normalized spacial score (nSPS) is 10.2. The summed E-state index contributed by atoms with van der Waals surface area (Å²) in [7, 11) is 1.93. The van der Waals surface area contributed by atoms with Gasteiger partial charge in [-0.3, -0.25) is 9.78 Å². The molecule has 0 saturated heterocycles. The summed E-state index contributed by atoms with van der Waals surface area (Å²) < 4.78 is 4.95. The average molecular weight is 375 g/mol. The van der Waals surface area contributed by atoms with Crippen LogP contribution in [0.3, 0.4) is 0 Å². The van der Waals surface area contributed by atoms with Crippen LogP contribution in [0.5, 0.6) is 0 Å². The number of hydrogen-bond donors (Lipinski definition) is 1. The highest BCUT2D eigenvalue weighted by Crippen LogP contribution is 2.23. The maximum Gasteiger partial charge on any atom is 0.338 e.